The quantitative estimate of drug-likeness (QED) is 0.203. The fourth-order valence-electron chi connectivity index (χ4n) is 4.62. The number of hydrogen-bond acceptors (Lipinski definition) is 5. The summed E-state index contributed by atoms with van der Waals surface area (Å²) in [6.07, 6.45) is 0.423. The lowest BCUT2D eigenvalue weighted by Gasteiger charge is -2.29. The van der Waals surface area contributed by atoms with E-state index in [1.165, 1.54) is 13.3 Å². The fourth-order valence-corrected chi connectivity index (χ4v) is 4.74. The molecule has 0 aliphatic carbocycles. The summed E-state index contributed by atoms with van der Waals surface area (Å²) in [4.78, 5) is 21.9. The Hall–Kier alpha value is -3.29. The lowest BCUT2D eigenvalue weighted by molar-refractivity contribution is -0.164. The second kappa shape index (κ2) is 10.2. The number of hydrogen-bond donors (Lipinski definition) is 0. The first-order chi connectivity index (χ1) is 17.4. The molecule has 1 atom stereocenters. The number of esters is 1. The van der Waals surface area contributed by atoms with Gasteiger partial charge in [0.1, 0.15) is 5.65 Å². The lowest BCUT2D eigenvalue weighted by atomic mass is 9.91. The summed E-state index contributed by atoms with van der Waals surface area (Å²) in [5.41, 5.74) is 5.32. The molecule has 0 aliphatic rings. The first-order valence-electron chi connectivity index (χ1n) is 12.0. The van der Waals surface area contributed by atoms with E-state index in [9.17, 15) is 9.18 Å². The largest absolute Gasteiger partial charge is 0.467 e. The average Bonchev–Trinajstić information content (AvgIpc) is 3.07. The summed E-state index contributed by atoms with van der Waals surface area (Å²) in [6.45, 7) is 11.8. The van der Waals surface area contributed by atoms with Gasteiger partial charge in [0.15, 0.2) is 6.10 Å². The highest BCUT2D eigenvalue weighted by molar-refractivity contribution is 6.30. The van der Waals surface area contributed by atoms with Crippen molar-refractivity contribution in [1.82, 2.24) is 14.5 Å². The fraction of sp³-hybridized carbons (Fsp3) is 0.345. The zero-order chi connectivity index (χ0) is 27.1. The third kappa shape index (κ3) is 5.24. The summed E-state index contributed by atoms with van der Waals surface area (Å²) in [6, 6.07) is 10.9. The first kappa shape index (κ1) is 26.8. The highest BCUT2D eigenvalue weighted by atomic mass is 35.5. The summed E-state index contributed by atoms with van der Waals surface area (Å²) < 4.78 is 27.9. The molecule has 6 nitrogen and oxygen atoms in total. The standard InChI is InChI=1S/C29H31ClFN3O3/c1-16-18(3)34(15-20-9-8-14-32-26(20)31)27-22(16)24(19-10-12-21(30)13-11-19)23(17(2)33-27)25(28(35)36-7)37-29(4,5)6/h8-14,25H,15H2,1-7H3/t25-/m0/s1. The predicted octanol–water partition coefficient (Wildman–Crippen LogP) is 6.89. The molecule has 0 spiro atoms. The maximum atomic E-state index is 14.5. The van der Waals surface area contributed by atoms with Crippen LogP contribution in [0.25, 0.3) is 22.2 Å². The Bertz CT molecular complexity index is 1470. The molecule has 37 heavy (non-hydrogen) atoms. The van der Waals surface area contributed by atoms with E-state index in [1.807, 2.05) is 70.4 Å². The van der Waals surface area contributed by atoms with Gasteiger partial charge in [0, 0.05) is 44.7 Å². The number of carbonyl (C=O) groups is 1. The average molecular weight is 524 g/mol. The molecule has 0 saturated carbocycles. The number of aryl methyl sites for hydroxylation is 2. The van der Waals surface area contributed by atoms with E-state index in [0.29, 0.717) is 27.5 Å². The van der Waals surface area contributed by atoms with E-state index in [2.05, 4.69) is 4.98 Å². The second-order valence-corrected chi connectivity index (χ2v) is 10.5. The van der Waals surface area contributed by atoms with Crippen LogP contribution in [0.4, 0.5) is 4.39 Å². The topological polar surface area (TPSA) is 66.2 Å². The van der Waals surface area contributed by atoms with Crippen LogP contribution in [0.2, 0.25) is 5.02 Å². The van der Waals surface area contributed by atoms with Gasteiger partial charge in [0.2, 0.25) is 5.95 Å². The van der Waals surface area contributed by atoms with Crippen molar-refractivity contribution in [3.63, 3.8) is 0 Å². The van der Waals surface area contributed by atoms with Crippen LogP contribution in [0.5, 0.6) is 0 Å². The number of halogens is 2. The summed E-state index contributed by atoms with van der Waals surface area (Å²) in [5, 5.41) is 1.46. The predicted molar refractivity (Wildman–Crippen MR) is 143 cm³/mol. The van der Waals surface area contributed by atoms with Crippen LogP contribution >= 0.6 is 11.6 Å². The van der Waals surface area contributed by atoms with Crippen LogP contribution in [-0.2, 0) is 20.8 Å². The normalized spacial score (nSPS) is 12.7. The number of nitrogens with zero attached hydrogens (tertiary/aromatic N) is 3. The van der Waals surface area contributed by atoms with Gasteiger partial charge in [0.25, 0.3) is 0 Å². The number of carbonyl (C=O) groups excluding carboxylic acids is 1. The Balaban J connectivity index is 2.09. The van der Waals surface area contributed by atoms with Gasteiger partial charge in [-0.2, -0.15) is 4.39 Å². The smallest absolute Gasteiger partial charge is 0.339 e. The molecule has 1 aromatic carbocycles. The van der Waals surface area contributed by atoms with Gasteiger partial charge in [-0.15, -0.1) is 0 Å². The molecular formula is C29H31ClFN3O3. The van der Waals surface area contributed by atoms with E-state index in [0.717, 1.165) is 27.8 Å². The molecule has 0 radical (unpaired) electrons. The molecule has 4 rings (SSSR count). The van der Waals surface area contributed by atoms with Gasteiger partial charge in [-0.05, 0) is 70.9 Å². The van der Waals surface area contributed by atoms with Crippen LogP contribution in [0.15, 0.2) is 42.6 Å². The molecule has 0 unspecified atom stereocenters. The summed E-state index contributed by atoms with van der Waals surface area (Å²) in [7, 11) is 1.35. The van der Waals surface area contributed by atoms with Crippen molar-refractivity contribution in [2.75, 3.05) is 7.11 Å². The van der Waals surface area contributed by atoms with Crippen molar-refractivity contribution in [1.29, 1.82) is 0 Å². The Morgan fingerprint density at radius 1 is 1.14 bits per heavy atom. The molecule has 3 heterocycles. The molecule has 194 valence electrons. The maximum absolute atomic E-state index is 14.5. The van der Waals surface area contributed by atoms with Crippen LogP contribution in [0, 0.1) is 26.7 Å². The molecule has 0 saturated heterocycles. The van der Waals surface area contributed by atoms with Crippen LogP contribution in [0.3, 0.4) is 0 Å². The van der Waals surface area contributed by atoms with Crippen molar-refractivity contribution in [3.8, 4) is 11.1 Å². The van der Waals surface area contributed by atoms with Crippen LogP contribution in [0.1, 0.15) is 55.0 Å². The van der Waals surface area contributed by atoms with Crippen molar-refractivity contribution in [2.45, 2.75) is 59.8 Å². The van der Waals surface area contributed by atoms with Gasteiger partial charge >= 0.3 is 5.97 Å². The molecule has 0 bridgehead atoms. The van der Waals surface area contributed by atoms with Crippen molar-refractivity contribution in [2.24, 2.45) is 0 Å². The van der Waals surface area contributed by atoms with Gasteiger partial charge in [-0.1, -0.05) is 29.8 Å². The van der Waals surface area contributed by atoms with Gasteiger partial charge in [0.05, 0.1) is 19.3 Å². The molecule has 0 N–H and O–H groups in total. The minimum atomic E-state index is -1.01. The zero-order valence-corrected chi connectivity index (χ0v) is 22.9. The number of ether oxygens (including phenoxy) is 2. The zero-order valence-electron chi connectivity index (χ0n) is 22.1. The molecule has 3 aromatic heterocycles. The third-order valence-corrected chi connectivity index (χ3v) is 6.68. The number of fused-ring (bicyclic) bond motifs is 1. The number of benzene rings is 1. The van der Waals surface area contributed by atoms with Crippen molar-refractivity contribution >= 4 is 28.6 Å². The maximum Gasteiger partial charge on any atom is 0.339 e. The number of aromatic nitrogens is 3. The van der Waals surface area contributed by atoms with E-state index in [-0.39, 0.29) is 6.54 Å². The Labute approximate surface area is 221 Å². The first-order valence-corrected chi connectivity index (χ1v) is 12.4. The van der Waals surface area contributed by atoms with E-state index >= 15 is 0 Å². The second-order valence-electron chi connectivity index (χ2n) is 10.1. The van der Waals surface area contributed by atoms with Crippen molar-refractivity contribution in [3.05, 3.63) is 81.6 Å². The van der Waals surface area contributed by atoms with E-state index < -0.39 is 23.6 Å². The third-order valence-electron chi connectivity index (χ3n) is 6.43. The number of rotatable bonds is 6. The monoisotopic (exact) mass is 523 g/mol. The minimum absolute atomic E-state index is 0.264. The molecule has 0 amide bonds. The van der Waals surface area contributed by atoms with E-state index in [4.69, 9.17) is 26.1 Å². The highest BCUT2D eigenvalue weighted by Crippen LogP contribution is 2.42. The summed E-state index contributed by atoms with van der Waals surface area (Å²) in [5.74, 6) is -1.03. The molecule has 4 aromatic rings. The Morgan fingerprint density at radius 3 is 2.41 bits per heavy atom. The number of pyridine rings is 2. The summed E-state index contributed by atoms with van der Waals surface area (Å²) >= 11 is 6.22. The van der Waals surface area contributed by atoms with Crippen LogP contribution in [-0.4, -0.2) is 33.2 Å². The lowest BCUT2D eigenvalue weighted by Crippen LogP contribution is -2.29. The highest BCUT2D eigenvalue weighted by Gasteiger charge is 2.34. The Kier molecular flexibility index (Phi) is 7.40. The van der Waals surface area contributed by atoms with Gasteiger partial charge < -0.3 is 14.0 Å². The van der Waals surface area contributed by atoms with Gasteiger partial charge in [-0.25, -0.2) is 14.8 Å². The molecule has 8 heteroatoms. The minimum Gasteiger partial charge on any atom is -0.467 e. The van der Waals surface area contributed by atoms with E-state index in [1.54, 1.807) is 12.1 Å². The SMILES string of the molecule is COC(=O)[C@@H](OC(C)(C)C)c1c(C)nc2c(c(C)c(C)n2Cc2cccnc2F)c1-c1ccc(Cl)cc1. The van der Waals surface area contributed by atoms with Crippen LogP contribution < -0.4 is 0 Å². The Morgan fingerprint density at radius 2 is 1.81 bits per heavy atom. The molecule has 0 aliphatic heterocycles. The van der Waals surface area contributed by atoms with Gasteiger partial charge in [-0.3, -0.25) is 0 Å². The molecule has 0 fully saturated rings. The van der Waals surface area contributed by atoms with Crippen molar-refractivity contribution < 1.29 is 18.7 Å². The molecular weight excluding hydrogens is 493 g/mol. The number of methoxy groups -OCH3 is 1.